The first-order valence-corrected chi connectivity index (χ1v) is 17.2. The fourth-order valence-electron chi connectivity index (χ4n) is 8.11. The van der Waals surface area contributed by atoms with Gasteiger partial charge in [0.1, 0.15) is 12.7 Å². The largest absolute Gasteiger partial charge is 0.466 e. The van der Waals surface area contributed by atoms with Crippen LogP contribution in [0, 0.1) is 17.8 Å². The van der Waals surface area contributed by atoms with E-state index in [0.717, 1.165) is 12.8 Å². The average Bonchev–Trinajstić information content (AvgIpc) is 3.55. The number of aliphatic hydroxyl groups excluding tert-OH is 1. The molecule has 0 radical (unpaired) electrons. The van der Waals surface area contributed by atoms with Crippen LogP contribution in [0.1, 0.15) is 92.9 Å². The zero-order valence-electron chi connectivity index (χ0n) is 28.8. The molecule has 12 atom stereocenters. The highest BCUT2D eigenvalue weighted by atomic mass is 16.8. The summed E-state index contributed by atoms with van der Waals surface area (Å²) in [7, 11) is 0. The minimum absolute atomic E-state index is 0.00593. The van der Waals surface area contributed by atoms with E-state index in [1.165, 1.54) is 19.4 Å². The average molecular weight is 663 g/mol. The van der Waals surface area contributed by atoms with E-state index in [4.69, 9.17) is 33.2 Å². The molecule has 0 aromatic rings. The Morgan fingerprint density at radius 1 is 1.04 bits per heavy atom. The molecule has 0 aromatic carbocycles. The van der Waals surface area contributed by atoms with Gasteiger partial charge in [-0.05, 0) is 44.1 Å². The lowest BCUT2D eigenvalue weighted by Gasteiger charge is -2.48. The third-order valence-corrected chi connectivity index (χ3v) is 10.5. The molecule has 0 amide bonds. The van der Waals surface area contributed by atoms with E-state index in [0.29, 0.717) is 50.7 Å². The second kappa shape index (κ2) is 14.4. The van der Waals surface area contributed by atoms with Gasteiger partial charge in [0.15, 0.2) is 17.4 Å². The summed E-state index contributed by atoms with van der Waals surface area (Å²) in [4.78, 5) is 22.3. The third-order valence-electron chi connectivity index (χ3n) is 10.5. The number of ether oxygens (including phenoxy) is 7. The molecular formula is C36H54O11. The minimum Gasteiger partial charge on any atom is -0.466 e. The summed E-state index contributed by atoms with van der Waals surface area (Å²) in [5.41, 5.74) is 1.72. The van der Waals surface area contributed by atoms with Gasteiger partial charge in [0.05, 0.1) is 37.1 Å². The van der Waals surface area contributed by atoms with Crippen LogP contribution < -0.4 is 0 Å². The molecule has 5 aliphatic rings. The molecule has 4 fully saturated rings. The molecule has 0 bridgehead atoms. The predicted octanol–water partition coefficient (Wildman–Crippen LogP) is 4.64. The highest BCUT2D eigenvalue weighted by molar-refractivity contribution is 5.66. The SMILES string of the molecule is C=C(COC(C)=O)[C@H]1O[C@@](O)([C@H](O)[C@@H]2C[C@H]3O[C@@]4(CC[C@]5(CC(C)=C[C@@H](/C=C/CCCOC(C)=O)O5)O4)[C@H](C)C[C@H]3O2)[C@H](C)C[C@@H]1C. The summed E-state index contributed by atoms with van der Waals surface area (Å²) in [6, 6.07) is 0. The molecule has 47 heavy (non-hydrogen) atoms. The third kappa shape index (κ3) is 7.87. The van der Waals surface area contributed by atoms with Crippen molar-refractivity contribution in [1.29, 1.82) is 0 Å². The Kier molecular flexibility index (Phi) is 11.1. The molecule has 2 N–H and O–H groups in total. The summed E-state index contributed by atoms with van der Waals surface area (Å²) in [6.45, 7) is 15.2. The quantitative estimate of drug-likeness (QED) is 0.192. The Morgan fingerprint density at radius 3 is 2.51 bits per heavy atom. The lowest BCUT2D eigenvalue weighted by Crippen LogP contribution is -2.60. The maximum absolute atomic E-state index is 11.8. The van der Waals surface area contributed by atoms with Crippen LogP contribution in [0.2, 0.25) is 0 Å². The van der Waals surface area contributed by atoms with Gasteiger partial charge in [-0.1, -0.05) is 51.2 Å². The maximum Gasteiger partial charge on any atom is 0.302 e. The topological polar surface area (TPSA) is 139 Å². The molecule has 5 aliphatic heterocycles. The van der Waals surface area contributed by atoms with Crippen LogP contribution in [0.3, 0.4) is 0 Å². The minimum atomic E-state index is -1.88. The van der Waals surface area contributed by atoms with Crippen molar-refractivity contribution in [1.82, 2.24) is 0 Å². The first kappa shape index (κ1) is 36.2. The molecule has 4 saturated heterocycles. The molecule has 11 heteroatoms. The van der Waals surface area contributed by atoms with Gasteiger partial charge in [0.25, 0.3) is 0 Å². The Balaban J connectivity index is 1.21. The molecule has 0 saturated carbocycles. The van der Waals surface area contributed by atoms with E-state index < -0.39 is 41.6 Å². The van der Waals surface area contributed by atoms with Gasteiger partial charge < -0.3 is 43.4 Å². The van der Waals surface area contributed by atoms with Crippen LogP contribution in [0.25, 0.3) is 0 Å². The fraction of sp³-hybridized carbons (Fsp3) is 0.778. The lowest BCUT2D eigenvalue weighted by atomic mass is 9.78. The van der Waals surface area contributed by atoms with E-state index in [-0.39, 0.29) is 48.6 Å². The van der Waals surface area contributed by atoms with E-state index >= 15 is 0 Å². The maximum atomic E-state index is 11.8. The van der Waals surface area contributed by atoms with Crippen molar-refractivity contribution in [3.8, 4) is 0 Å². The summed E-state index contributed by atoms with van der Waals surface area (Å²) >= 11 is 0. The summed E-state index contributed by atoms with van der Waals surface area (Å²) in [5.74, 6) is -4.59. The number of esters is 2. The molecular weight excluding hydrogens is 608 g/mol. The van der Waals surface area contributed by atoms with Crippen LogP contribution in [0.15, 0.2) is 36.0 Å². The Bertz CT molecular complexity index is 1230. The standard InChI is InChI=1S/C36H54O11/c1-21-15-28(11-9-8-10-14-41-26(6)37)44-34(19-21)12-13-35(47-34)24(4)17-29-30(45-35)18-31(43-29)33(39)36(40)25(5)16-22(2)32(46-36)23(3)20-42-27(7)38/h9,11,15,22,24-25,28-33,39-40H,3,8,10,12-14,16-20H2,1-2,4-7H3/b11-9+/t22-,24+,25+,28+,29+,30+,31-,32-,33+,34+,35+,36+/m0/s1. The first-order chi connectivity index (χ1) is 22.1. The number of aliphatic hydroxyl groups is 2. The van der Waals surface area contributed by atoms with Crippen LogP contribution in [-0.4, -0.2) is 89.4 Å². The number of fused-ring (bicyclic) bond motifs is 1. The lowest BCUT2D eigenvalue weighted by molar-refractivity contribution is -0.366. The molecule has 11 nitrogen and oxygen atoms in total. The Morgan fingerprint density at radius 2 is 1.79 bits per heavy atom. The van der Waals surface area contributed by atoms with E-state index in [9.17, 15) is 19.8 Å². The van der Waals surface area contributed by atoms with Crippen molar-refractivity contribution < 1.29 is 53.0 Å². The van der Waals surface area contributed by atoms with Crippen LogP contribution in [0.5, 0.6) is 0 Å². The molecule has 5 rings (SSSR count). The van der Waals surface area contributed by atoms with E-state index in [2.05, 4.69) is 32.6 Å². The monoisotopic (exact) mass is 662 g/mol. The zero-order chi connectivity index (χ0) is 34.1. The second-order valence-electron chi connectivity index (χ2n) is 14.5. The van der Waals surface area contributed by atoms with Gasteiger partial charge in [-0.25, -0.2) is 0 Å². The van der Waals surface area contributed by atoms with Gasteiger partial charge in [-0.3, -0.25) is 9.59 Å². The van der Waals surface area contributed by atoms with Gasteiger partial charge in [0, 0.05) is 51.4 Å². The Labute approximate surface area is 278 Å². The van der Waals surface area contributed by atoms with Gasteiger partial charge in [-0.15, -0.1) is 0 Å². The first-order valence-electron chi connectivity index (χ1n) is 17.2. The van der Waals surface area contributed by atoms with Crippen molar-refractivity contribution in [3.05, 3.63) is 36.0 Å². The van der Waals surface area contributed by atoms with Crippen molar-refractivity contribution in [2.45, 2.75) is 147 Å². The Hall–Kier alpha value is -2.12. The van der Waals surface area contributed by atoms with Crippen molar-refractivity contribution in [2.75, 3.05) is 13.2 Å². The fourth-order valence-corrected chi connectivity index (χ4v) is 8.11. The van der Waals surface area contributed by atoms with Crippen molar-refractivity contribution >= 4 is 11.9 Å². The number of hydrogen-bond donors (Lipinski definition) is 2. The summed E-state index contributed by atoms with van der Waals surface area (Å²) in [5, 5.41) is 23.4. The van der Waals surface area contributed by atoms with E-state index in [1.807, 2.05) is 19.9 Å². The van der Waals surface area contributed by atoms with Crippen molar-refractivity contribution in [2.24, 2.45) is 17.8 Å². The van der Waals surface area contributed by atoms with E-state index in [1.54, 1.807) is 0 Å². The number of allylic oxidation sites excluding steroid dienone is 1. The number of hydrogen-bond acceptors (Lipinski definition) is 11. The predicted molar refractivity (Wildman–Crippen MR) is 171 cm³/mol. The number of rotatable bonds is 10. The highest BCUT2D eigenvalue weighted by Gasteiger charge is 2.62. The van der Waals surface area contributed by atoms with Gasteiger partial charge in [-0.2, -0.15) is 0 Å². The zero-order valence-corrected chi connectivity index (χ0v) is 28.8. The molecule has 264 valence electrons. The summed E-state index contributed by atoms with van der Waals surface area (Å²) < 4.78 is 42.9. The summed E-state index contributed by atoms with van der Waals surface area (Å²) in [6.07, 6.45) is 7.90. The molecule has 2 spiro atoms. The van der Waals surface area contributed by atoms with Gasteiger partial charge >= 0.3 is 11.9 Å². The number of carbonyl (C=O) groups is 2. The van der Waals surface area contributed by atoms with Crippen LogP contribution >= 0.6 is 0 Å². The van der Waals surface area contributed by atoms with Crippen LogP contribution in [0.4, 0.5) is 0 Å². The van der Waals surface area contributed by atoms with Gasteiger partial charge in [0.2, 0.25) is 0 Å². The highest BCUT2D eigenvalue weighted by Crippen LogP contribution is 2.54. The smallest absolute Gasteiger partial charge is 0.302 e. The number of unbranched alkanes of at least 4 members (excludes halogenated alkanes) is 1. The molecule has 0 aliphatic carbocycles. The molecule has 0 aromatic heterocycles. The second-order valence-corrected chi connectivity index (χ2v) is 14.5. The molecule has 5 heterocycles. The van der Waals surface area contributed by atoms with Crippen molar-refractivity contribution in [3.63, 3.8) is 0 Å². The number of carbonyl (C=O) groups excluding carboxylic acids is 2. The molecule has 0 unspecified atom stereocenters. The normalized spacial score (nSPS) is 42.3. The van der Waals surface area contributed by atoms with Crippen LogP contribution in [-0.2, 0) is 42.7 Å².